The number of hydrogen-bond acceptors (Lipinski definition) is 3. The molecule has 3 N–H and O–H groups in total. The Bertz CT molecular complexity index is 532. The number of halogens is 1. The van der Waals surface area contributed by atoms with E-state index in [1.54, 1.807) is 6.07 Å². The van der Waals surface area contributed by atoms with Crippen molar-refractivity contribution < 1.29 is 18.8 Å². The maximum Gasteiger partial charge on any atom is 0.328 e. The standard InChI is InChI=1S/C11H10FN3O3/c12-7-3-1-2-4-8(7)15-5-6(9(13)16)10(17)14-11(15)18/h1-4,6H,5H2,(H2,13,16)(H,14,17,18). The number of carbonyl (C=O) groups excluding carboxylic acids is 3. The van der Waals surface area contributed by atoms with Crippen LogP contribution in [0.25, 0.3) is 0 Å². The summed E-state index contributed by atoms with van der Waals surface area (Å²) < 4.78 is 13.6. The summed E-state index contributed by atoms with van der Waals surface area (Å²) in [5.41, 5.74) is 5.04. The van der Waals surface area contributed by atoms with E-state index < -0.39 is 29.6 Å². The van der Waals surface area contributed by atoms with Crippen LogP contribution >= 0.6 is 0 Å². The number of nitrogens with zero attached hydrogens (tertiary/aromatic N) is 1. The number of imide groups is 1. The number of amides is 4. The molecule has 2 rings (SSSR count). The normalized spacial score (nSPS) is 19.6. The molecule has 7 heteroatoms. The first-order valence-electron chi connectivity index (χ1n) is 5.17. The second-order valence-corrected chi connectivity index (χ2v) is 3.81. The zero-order chi connectivity index (χ0) is 13.3. The molecule has 18 heavy (non-hydrogen) atoms. The van der Waals surface area contributed by atoms with Gasteiger partial charge in [0.2, 0.25) is 11.8 Å². The van der Waals surface area contributed by atoms with Gasteiger partial charge < -0.3 is 5.73 Å². The fourth-order valence-corrected chi connectivity index (χ4v) is 1.71. The molecule has 1 aromatic rings. The minimum absolute atomic E-state index is 0.00579. The molecule has 1 aromatic carbocycles. The SMILES string of the molecule is NC(=O)C1CN(c2ccccc2F)C(=O)NC1=O. The van der Waals surface area contributed by atoms with Crippen molar-refractivity contribution in [2.24, 2.45) is 11.7 Å². The number of anilines is 1. The first-order chi connectivity index (χ1) is 8.50. The van der Waals surface area contributed by atoms with Crippen LogP contribution in [0.4, 0.5) is 14.9 Å². The van der Waals surface area contributed by atoms with Crippen molar-refractivity contribution in [2.45, 2.75) is 0 Å². The van der Waals surface area contributed by atoms with Crippen LogP contribution in [0.3, 0.4) is 0 Å². The van der Waals surface area contributed by atoms with Crippen molar-refractivity contribution in [1.82, 2.24) is 5.32 Å². The van der Waals surface area contributed by atoms with Crippen LogP contribution in [0, 0.1) is 11.7 Å². The fraction of sp³-hybridized carbons (Fsp3) is 0.182. The Morgan fingerprint density at radius 2 is 2.06 bits per heavy atom. The maximum atomic E-state index is 13.6. The number of para-hydroxylation sites is 1. The molecule has 1 unspecified atom stereocenters. The van der Waals surface area contributed by atoms with E-state index in [1.165, 1.54) is 18.2 Å². The number of urea groups is 1. The Morgan fingerprint density at radius 3 is 2.67 bits per heavy atom. The van der Waals surface area contributed by atoms with E-state index in [0.717, 1.165) is 4.90 Å². The lowest BCUT2D eigenvalue weighted by molar-refractivity contribution is -0.132. The van der Waals surface area contributed by atoms with Gasteiger partial charge in [-0.3, -0.25) is 19.8 Å². The van der Waals surface area contributed by atoms with Crippen molar-refractivity contribution in [1.29, 1.82) is 0 Å². The highest BCUT2D eigenvalue weighted by Gasteiger charge is 2.37. The molecule has 0 saturated carbocycles. The van der Waals surface area contributed by atoms with E-state index in [9.17, 15) is 18.8 Å². The predicted octanol–water partition coefficient (Wildman–Crippen LogP) is -0.0166. The zero-order valence-electron chi connectivity index (χ0n) is 9.22. The topological polar surface area (TPSA) is 92.5 Å². The van der Waals surface area contributed by atoms with Crippen LogP contribution in [-0.4, -0.2) is 24.4 Å². The molecular weight excluding hydrogens is 241 g/mol. The van der Waals surface area contributed by atoms with E-state index in [2.05, 4.69) is 0 Å². The largest absolute Gasteiger partial charge is 0.369 e. The second kappa shape index (κ2) is 4.44. The summed E-state index contributed by atoms with van der Waals surface area (Å²) in [6, 6.07) is 4.79. The lowest BCUT2D eigenvalue weighted by Gasteiger charge is -2.30. The lowest BCUT2D eigenvalue weighted by Crippen LogP contribution is -2.58. The van der Waals surface area contributed by atoms with Crippen molar-refractivity contribution in [3.8, 4) is 0 Å². The average Bonchev–Trinajstić information content (AvgIpc) is 2.30. The predicted molar refractivity (Wildman–Crippen MR) is 60.0 cm³/mol. The molecule has 0 aromatic heterocycles. The van der Waals surface area contributed by atoms with Crippen LogP contribution in [0.5, 0.6) is 0 Å². The van der Waals surface area contributed by atoms with Crippen LogP contribution in [-0.2, 0) is 9.59 Å². The summed E-state index contributed by atoms with van der Waals surface area (Å²) in [5.74, 6) is -3.42. The van der Waals surface area contributed by atoms with Crippen LogP contribution in [0.1, 0.15) is 0 Å². The van der Waals surface area contributed by atoms with Crippen molar-refractivity contribution in [3.63, 3.8) is 0 Å². The van der Waals surface area contributed by atoms with Crippen LogP contribution in [0.15, 0.2) is 24.3 Å². The molecule has 1 atom stereocenters. The summed E-state index contributed by atoms with van der Waals surface area (Å²) in [5, 5.41) is 1.97. The Hall–Kier alpha value is -2.44. The Kier molecular flexibility index (Phi) is 2.97. The van der Waals surface area contributed by atoms with Gasteiger partial charge in [-0.15, -0.1) is 0 Å². The van der Waals surface area contributed by atoms with Crippen molar-refractivity contribution in [3.05, 3.63) is 30.1 Å². The molecule has 4 amide bonds. The summed E-state index contributed by atoms with van der Waals surface area (Å²) >= 11 is 0. The van der Waals surface area contributed by atoms with E-state index in [4.69, 9.17) is 5.73 Å². The molecule has 6 nitrogen and oxygen atoms in total. The summed E-state index contributed by atoms with van der Waals surface area (Å²) in [6.07, 6.45) is 0. The van der Waals surface area contributed by atoms with E-state index in [-0.39, 0.29) is 12.2 Å². The highest BCUT2D eigenvalue weighted by atomic mass is 19.1. The smallest absolute Gasteiger partial charge is 0.328 e. The van der Waals surface area contributed by atoms with Gasteiger partial charge in [0.05, 0.1) is 5.69 Å². The molecule has 0 aliphatic carbocycles. The van der Waals surface area contributed by atoms with Crippen LogP contribution < -0.4 is 16.0 Å². The molecule has 0 bridgehead atoms. The number of nitrogens with one attached hydrogen (secondary N) is 1. The highest BCUT2D eigenvalue weighted by molar-refractivity contribution is 6.13. The third-order valence-electron chi connectivity index (χ3n) is 2.64. The number of hydrogen-bond donors (Lipinski definition) is 2. The third-order valence-corrected chi connectivity index (χ3v) is 2.64. The molecule has 1 saturated heterocycles. The number of benzene rings is 1. The summed E-state index contributed by atoms with van der Waals surface area (Å²) in [4.78, 5) is 35.0. The molecule has 1 aliphatic rings. The minimum atomic E-state index is -1.18. The van der Waals surface area contributed by atoms with Gasteiger partial charge in [-0.2, -0.15) is 0 Å². The monoisotopic (exact) mass is 251 g/mol. The van der Waals surface area contributed by atoms with Gasteiger partial charge in [0, 0.05) is 6.54 Å². The van der Waals surface area contributed by atoms with Gasteiger partial charge in [0.15, 0.2) is 0 Å². The van der Waals surface area contributed by atoms with E-state index >= 15 is 0 Å². The van der Waals surface area contributed by atoms with Crippen LogP contribution in [0.2, 0.25) is 0 Å². The van der Waals surface area contributed by atoms with E-state index in [0.29, 0.717) is 0 Å². The van der Waals surface area contributed by atoms with Gasteiger partial charge in [-0.05, 0) is 12.1 Å². The quantitative estimate of drug-likeness (QED) is 0.723. The summed E-state index contributed by atoms with van der Waals surface area (Å²) in [6.45, 7) is -0.263. The molecule has 1 heterocycles. The lowest BCUT2D eigenvalue weighted by atomic mass is 10.1. The summed E-state index contributed by atoms with van der Waals surface area (Å²) in [7, 11) is 0. The van der Waals surface area contributed by atoms with Gasteiger partial charge in [-0.25, -0.2) is 9.18 Å². The molecule has 1 aliphatic heterocycles. The van der Waals surface area contributed by atoms with Gasteiger partial charge in [0.1, 0.15) is 11.7 Å². The molecule has 1 fully saturated rings. The molecular formula is C11H10FN3O3. The number of carbonyl (C=O) groups is 3. The van der Waals surface area contributed by atoms with Crippen molar-refractivity contribution in [2.75, 3.05) is 11.4 Å². The Morgan fingerprint density at radius 1 is 1.39 bits per heavy atom. The highest BCUT2D eigenvalue weighted by Crippen LogP contribution is 2.22. The number of rotatable bonds is 2. The van der Waals surface area contributed by atoms with Gasteiger partial charge in [0.25, 0.3) is 0 Å². The van der Waals surface area contributed by atoms with Gasteiger partial charge in [-0.1, -0.05) is 12.1 Å². The fourth-order valence-electron chi connectivity index (χ4n) is 1.71. The first kappa shape index (κ1) is 12.0. The molecule has 0 radical (unpaired) electrons. The molecule has 94 valence electrons. The second-order valence-electron chi connectivity index (χ2n) is 3.81. The van der Waals surface area contributed by atoms with Gasteiger partial charge >= 0.3 is 6.03 Å². The Balaban J connectivity index is 2.33. The van der Waals surface area contributed by atoms with Crippen molar-refractivity contribution >= 4 is 23.5 Å². The zero-order valence-corrected chi connectivity index (χ0v) is 9.22. The third kappa shape index (κ3) is 2.02. The number of primary amides is 1. The molecule has 0 spiro atoms. The maximum absolute atomic E-state index is 13.6. The minimum Gasteiger partial charge on any atom is -0.369 e. The Labute approximate surface area is 102 Å². The average molecular weight is 251 g/mol. The number of nitrogens with two attached hydrogens (primary N) is 1. The first-order valence-corrected chi connectivity index (χ1v) is 5.17. The van der Waals surface area contributed by atoms with E-state index in [1.807, 2.05) is 5.32 Å².